The van der Waals surface area contributed by atoms with Gasteiger partial charge in [0, 0.05) is 0 Å². The molecule has 0 spiro atoms. The molecule has 7 nitrogen and oxygen atoms in total. The van der Waals surface area contributed by atoms with E-state index < -0.39 is 11.9 Å². The molecule has 19 heavy (non-hydrogen) atoms. The minimum atomic E-state index is -0.689. The number of nitrogens with zero attached hydrogens (tertiary/aromatic N) is 1. The molecule has 0 saturated heterocycles. The second-order valence-corrected chi connectivity index (χ2v) is 3.42. The van der Waals surface area contributed by atoms with Gasteiger partial charge in [0.15, 0.2) is 0 Å². The Kier molecular flexibility index (Phi) is 8.86. The lowest BCUT2D eigenvalue weighted by atomic mass is 10.2. The Morgan fingerprint density at radius 3 is 2.42 bits per heavy atom. The molecule has 1 aromatic rings. The maximum atomic E-state index is 11.3. The summed E-state index contributed by atoms with van der Waals surface area (Å²) in [6, 6.07) is 0.725. The Morgan fingerprint density at radius 1 is 1.42 bits per heavy atom. The maximum Gasteiger partial charge on any atom is 0.254 e. The number of aromatic nitrogens is 1. The zero-order valence-electron chi connectivity index (χ0n) is 10.4. The highest BCUT2D eigenvalue weighted by atomic mass is 35.5. The third-order valence-corrected chi connectivity index (χ3v) is 1.99. The number of amides is 2. The van der Waals surface area contributed by atoms with Crippen LogP contribution in [0, 0.1) is 0 Å². The van der Waals surface area contributed by atoms with Gasteiger partial charge in [0.05, 0.1) is 25.0 Å². The molecule has 9 heteroatoms. The number of hydrogen-bond donors (Lipinski definition) is 3. The molecule has 0 aliphatic heterocycles. The van der Waals surface area contributed by atoms with E-state index in [1.807, 2.05) is 0 Å². The number of carbonyl (C=O) groups is 2. The fraction of sp³-hybridized carbons (Fsp3) is 0.300. The topological polar surface area (TPSA) is 120 Å². The average Bonchev–Trinajstić information content (AvgIpc) is 2.28. The van der Waals surface area contributed by atoms with E-state index in [0.717, 1.165) is 0 Å². The molecule has 2 amide bonds. The first-order valence-electron chi connectivity index (χ1n) is 4.86. The molecular weight excluding hydrogens is 295 g/mol. The number of carbonyl (C=O) groups excluding carboxylic acids is 2. The standard InChI is InChI=1S/C10H14N4O3.2ClH/c1-5(11)9(16)14-6-3-7(8(12)15)10(17-2)13-4-6;;/h3-5H,11H2,1-2H3,(H2,12,15)(H,14,16);2*1H/t5-;;/m1../s1. The van der Waals surface area contributed by atoms with E-state index in [2.05, 4.69) is 10.3 Å². The number of pyridine rings is 1. The summed E-state index contributed by atoms with van der Waals surface area (Å²) in [4.78, 5) is 26.3. The number of primary amides is 1. The van der Waals surface area contributed by atoms with Crippen LogP contribution < -0.4 is 21.5 Å². The van der Waals surface area contributed by atoms with E-state index in [4.69, 9.17) is 16.2 Å². The van der Waals surface area contributed by atoms with Gasteiger partial charge in [-0.1, -0.05) is 0 Å². The molecule has 0 radical (unpaired) electrons. The Hall–Kier alpha value is -1.57. The second-order valence-electron chi connectivity index (χ2n) is 3.42. The average molecular weight is 311 g/mol. The van der Waals surface area contributed by atoms with Gasteiger partial charge < -0.3 is 21.5 Å². The van der Waals surface area contributed by atoms with Gasteiger partial charge >= 0.3 is 0 Å². The van der Waals surface area contributed by atoms with Crippen molar-refractivity contribution in [2.45, 2.75) is 13.0 Å². The molecule has 0 bridgehead atoms. The van der Waals surface area contributed by atoms with Crippen LogP contribution in [0.2, 0.25) is 0 Å². The van der Waals surface area contributed by atoms with Crippen molar-refractivity contribution < 1.29 is 14.3 Å². The minimum absolute atomic E-state index is 0. The van der Waals surface area contributed by atoms with Gasteiger partial charge in [0.1, 0.15) is 5.56 Å². The molecule has 0 saturated carbocycles. The first kappa shape index (κ1) is 19.8. The highest BCUT2D eigenvalue weighted by Gasteiger charge is 2.13. The van der Waals surface area contributed by atoms with E-state index >= 15 is 0 Å². The quantitative estimate of drug-likeness (QED) is 0.739. The summed E-state index contributed by atoms with van der Waals surface area (Å²) >= 11 is 0. The number of anilines is 1. The molecule has 1 aromatic heterocycles. The van der Waals surface area contributed by atoms with Crippen molar-refractivity contribution in [2.24, 2.45) is 11.5 Å². The first-order chi connectivity index (χ1) is 7.95. The van der Waals surface area contributed by atoms with Crippen molar-refractivity contribution in [2.75, 3.05) is 12.4 Å². The van der Waals surface area contributed by atoms with Gasteiger partial charge in [-0.25, -0.2) is 4.98 Å². The van der Waals surface area contributed by atoms with E-state index in [0.29, 0.717) is 5.69 Å². The Balaban J connectivity index is 0. The van der Waals surface area contributed by atoms with Crippen molar-refractivity contribution >= 4 is 42.3 Å². The minimum Gasteiger partial charge on any atom is -0.480 e. The number of ether oxygens (including phenoxy) is 1. The lowest BCUT2D eigenvalue weighted by Crippen LogP contribution is -2.32. The fourth-order valence-corrected chi connectivity index (χ4v) is 1.12. The smallest absolute Gasteiger partial charge is 0.254 e. The molecule has 1 heterocycles. The van der Waals surface area contributed by atoms with E-state index in [1.54, 1.807) is 6.92 Å². The van der Waals surface area contributed by atoms with Crippen molar-refractivity contribution in [3.05, 3.63) is 17.8 Å². The van der Waals surface area contributed by atoms with E-state index in [1.165, 1.54) is 19.4 Å². The summed E-state index contributed by atoms with van der Waals surface area (Å²) in [5.41, 5.74) is 11.0. The van der Waals surface area contributed by atoms with Crippen molar-refractivity contribution in [3.8, 4) is 5.88 Å². The SMILES string of the molecule is COc1ncc(NC(=O)[C@@H](C)N)cc1C(N)=O.Cl.Cl. The number of nitrogens with one attached hydrogen (secondary N) is 1. The van der Waals surface area contributed by atoms with Gasteiger partial charge in [-0.15, -0.1) is 24.8 Å². The molecule has 5 N–H and O–H groups in total. The van der Waals surface area contributed by atoms with Crippen LogP contribution in [0.4, 0.5) is 5.69 Å². The summed E-state index contributed by atoms with van der Waals surface area (Å²) in [6.07, 6.45) is 1.35. The lowest BCUT2D eigenvalue weighted by Gasteiger charge is -2.10. The molecule has 0 aromatic carbocycles. The molecule has 0 fully saturated rings. The zero-order valence-corrected chi connectivity index (χ0v) is 12.0. The predicted molar refractivity (Wildman–Crippen MR) is 76.1 cm³/mol. The summed E-state index contributed by atoms with van der Waals surface area (Å²) in [5, 5.41) is 2.50. The van der Waals surface area contributed by atoms with Crippen LogP contribution in [-0.4, -0.2) is 29.9 Å². The van der Waals surface area contributed by atoms with Crippen LogP contribution in [-0.2, 0) is 4.79 Å². The van der Waals surface area contributed by atoms with Crippen LogP contribution in [0.5, 0.6) is 5.88 Å². The summed E-state index contributed by atoms with van der Waals surface area (Å²) in [7, 11) is 1.37. The molecular formula is C10H16Cl2N4O3. The van der Waals surface area contributed by atoms with Gasteiger partial charge in [-0.2, -0.15) is 0 Å². The van der Waals surface area contributed by atoms with Gasteiger partial charge in [0.25, 0.3) is 5.91 Å². The highest BCUT2D eigenvalue weighted by molar-refractivity contribution is 5.98. The highest BCUT2D eigenvalue weighted by Crippen LogP contribution is 2.18. The van der Waals surface area contributed by atoms with Crippen LogP contribution in [0.25, 0.3) is 0 Å². The van der Waals surface area contributed by atoms with Crippen LogP contribution >= 0.6 is 24.8 Å². The monoisotopic (exact) mass is 310 g/mol. The third-order valence-electron chi connectivity index (χ3n) is 1.99. The van der Waals surface area contributed by atoms with Crippen molar-refractivity contribution in [1.82, 2.24) is 4.98 Å². The molecule has 1 atom stereocenters. The first-order valence-corrected chi connectivity index (χ1v) is 4.86. The lowest BCUT2D eigenvalue weighted by molar-refractivity contribution is -0.117. The number of halogens is 2. The largest absolute Gasteiger partial charge is 0.480 e. The van der Waals surface area contributed by atoms with Crippen LogP contribution in [0.1, 0.15) is 17.3 Å². The number of hydrogen-bond acceptors (Lipinski definition) is 5. The zero-order chi connectivity index (χ0) is 13.0. The number of nitrogens with two attached hydrogens (primary N) is 2. The number of rotatable bonds is 4. The Labute approximate surface area is 122 Å². The summed E-state index contributed by atoms with van der Waals surface area (Å²) in [6.45, 7) is 1.54. The van der Waals surface area contributed by atoms with Crippen LogP contribution in [0.15, 0.2) is 12.3 Å². The number of methoxy groups -OCH3 is 1. The van der Waals surface area contributed by atoms with Gasteiger partial charge in [0.2, 0.25) is 11.8 Å². The molecule has 108 valence electrons. The molecule has 1 rings (SSSR count). The third kappa shape index (κ3) is 5.29. The maximum absolute atomic E-state index is 11.3. The van der Waals surface area contributed by atoms with E-state index in [-0.39, 0.29) is 42.2 Å². The Morgan fingerprint density at radius 2 is 2.00 bits per heavy atom. The second kappa shape index (κ2) is 8.52. The summed E-state index contributed by atoms with van der Waals surface area (Å²) in [5.74, 6) is -0.963. The van der Waals surface area contributed by atoms with E-state index in [9.17, 15) is 9.59 Å². The van der Waals surface area contributed by atoms with Gasteiger partial charge in [-0.3, -0.25) is 9.59 Å². The summed E-state index contributed by atoms with van der Waals surface area (Å²) < 4.78 is 4.86. The molecule has 0 aliphatic carbocycles. The van der Waals surface area contributed by atoms with Crippen molar-refractivity contribution in [3.63, 3.8) is 0 Å². The fourth-order valence-electron chi connectivity index (χ4n) is 1.12. The normalized spacial score (nSPS) is 10.5. The van der Waals surface area contributed by atoms with Crippen LogP contribution in [0.3, 0.4) is 0 Å². The van der Waals surface area contributed by atoms with Crippen molar-refractivity contribution in [1.29, 1.82) is 0 Å². The molecule has 0 aliphatic rings. The molecule has 0 unspecified atom stereocenters. The van der Waals surface area contributed by atoms with Gasteiger partial charge in [-0.05, 0) is 13.0 Å². The Bertz CT molecular complexity index is 454. The predicted octanol–water partition coefficient (Wildman–Crippen LogP) is 0.318.